The molecule has 2 rings (SSSR count). The Morgan fingerprint density at radius 1 is 1.04 bits per heavy atom. The lowest BCUT2D eigenvalue weighted by Gasteiger charge is -2.07. The zero-order valence-corrected chi connectivity index (χ0v) is 15.1. The van der Waals surface area contributed by atoms with Crippen LogP contribution in [0.15, 0.2) is 47.6 Å². The summed E-state index contributed by atoms with van der Waals surface area (Å²) >= 11 is 0. The number of anilines is 1. The Labute approximate surface area is 156 Å². The summed E-state index contributed by atoms with van der Waals surface area (Å²) in [5, 5.41) is 16.2. The molecule has 0 radical (unpaired) electrons. The fourth-order valence-electron chi connectivity index (χ4n) is 2.12. The van der Waals surface area contributed by atoms with Gasteiger partial charge in [-0.05, 0) is 50.2 Å². The number of ether oxygens (including phenoxy) is 2. The zero-order valence-electron chi connectivity index (χ0n) is 15.1. The van der Waals surface area contributed by atoms with Crippen LogP contribution < -0.4 is 20.2 Å². The quantitative estimate of drug-likeness (QED) is 0.393. The van der Waals surface area contributed by atoms with E-state index in [1.807, 2.05) is 6.92 Å². The van der Waals surface area contributed by atoms with Crippen LogP contribution in [0.5, 0.6) is 17.2 Å². The fourth-order valence-corrected chi connectivity index (χ4v) is 2.12. The molecule has 0 unspecified atom stereocenters. The predicted molar refractivity (Wildman–Crippen MR) is 101 cm³/mol. The van der Waals surface area contributed by atoms with E-state index in [2.05, 4.69) is 15.8 Å². The molecular weight excluding hydrogens is 350 g/mol. The normalized spacial score (nSPS) is 10.4. The van der Waals surface area contributed by atoms with Crippen LogP contribution in [-0.4, -0.2) is 36.3 Å². The third-order valence-electron chi connectivity index (χ3n) is 3.33. The molecule has 27 heavy (non-hydrogen) atoms. The maximum atomic E-state index is 11.9. The van der Waals surface area contributed by atoms with Gasteiger partial charge in [-0.15, -0.1) is 0 Å². The number of phenolic OH excluding ortho intramolecular Hbond substituents is 1. The lowest BCUT2D eigenvalue weighted by molar-refractivity contribution is -0.136. The van der Waals surface area contributed by atoms with Crippen LogP contribution in [0.25, 0.3) is 0 Å². The van der Waals surface area contributed by atoms with Crippen LogP contribution in [0.3, 0.4) is 0 Å². The van der Waals surface area contributed by atoms with Gasteiger partial charge in [-0.3, -0.25) is 9.59 Å². The van der Waals surface area contributed by atoms with Crippen LogP contribution in [0.2, 0.25) is 0 Å². The lowest BCUT2D eigenvalue weighted by atomic mass is 10.2. The minimum Gasteiger partial charge on any atom is -0.504 e. The molecule has 2 aromatic carbocycles. The molecule has 0 aromatic heterocycles. The highest BCUT2D eigenvalue weighted by molar-refractivity contribution is 6.39. The van der Waals surface area contributed by atoms with E-state index in [1.54, 1.807) is 49.4 Å². The summed E-state index contributed by atoms with van der Waals surface area (Å²) in [7, 11) is 0. The van der Waals surface area contributed by atoms with Gasteiger partial charge in [0.2, 0.25) is 0 Å². The summed E-state index contributed by atoms with van der Waals surface area (Å²) in [6, 6.07) is 11.5. The molecule has 0 aliphatic heterocycles. The van der Waals surface area contributed by atoms with E-state index in [0.717, 1.165) is 0 Å². The summed E-state index contributed by atoms with van der Waals surface area (Å²) in [5.41, 5.74) is 2.89. The van der Waals surface area contributed by atoms with Crippen LogP contribution in [-0.2, 0) is 9.59 Å². The van der Waals surface area contributed by atoms with E-state index in [0.29, 0.717) is 36.0 Å². The predicted octanol–water partition coefficient (Wildman–Crippen LogP) is 2.28. The molecule has 3 N–H and O–H groups in total. The Balaban J connectivity index is 1.92. The van der Waals surface area contributed by atoms with Crippen molar-refractivity contribution in [2.45, 2.75) is 13.8 Å². The van der Waals surface area contributed by atoms with Crippen molar-refractivity contribution in [2.75, 3.05) is 18.5 Å². The SMILES string of the molecule is CCOc1ccc(NC(=O)C(=O)N/N=C/c2cccc(OCC)c2O)cc1. The number of aromatic hydroxyl groups is 1. The molecule has 0 aliphatic rings. The van der Waals surface area contributed by atoms with Crippen LogP contribution >= 0.6 is 0 Å². The van der Waals surface area contributed by atoms with Crippen molar-refractivity contribution in [3.05, 3.63) is 48.0 Å². The molecule has 2 amide bonds. The number of hydrogen-bond acceptors (Lipinski definition) is 6. The largest absolute Gasteiger partial charge is 0.504 e. The summed E-state index contributed by atoms with van der Waals surface area (Å²) in [4.78, 5) is 23.7. The van der Waals surface area contributed by atoms with Crippen molar-refractivity contribution in [3.63, 3.8) is 0 Å². The highest BCUT2D eigenvalue weighted by atomic mass is 16.5. The van der Waals surface area contributed by atoms with Crippen molar-refractivity contribution in [1.82, 2.24) is 5.43 Å². The Hall–Kier alpha value is -3.55. The van der Waals surface area contributed by atoms with Crippen LogP contribution in [0.4, 0.5) is 5.69 Å². The zero-order chi connectivity index (χ0) is 19.6. The number of phenols is 1. The van der Waals surface area contributed by atoms with Gasteiger partial charge in [0.05, 0.1) is 19.4 Å². The van der Waals surface area contributed by atoms with E-state index < -0.39 is 11.8 Å². The molecule has 8 nitrogen and oxygen atoms in total. The van der Waals surface area contributed by atoms with Gasteiger partial charge in [-0.2, -0.15) is 5.10 Å². The molecule has 142 valence electrons. The molecule has 0 saturated heterocycles. The van der Waals surface area contributed by atoms with E-state index in [9.17, 15) is 14.7 Å². The first kappa shape index (κ1) is 19.8. The number of para-hydroxylation sites is 1. The molecule has 0 heterocycles. The average Bonchev–Trinajstić information content (AvgIpc) is 2.66. The maximum absolute atomic E-state index is 11.9. The van der Waals surface area contributed by atoms with Gasteiger partial charge in [-0.1, -0.05) is 6.07 Å². The number of nitrogens with zero attached hydrogens (tertiary/aromatic N) is 1. The molecule has 0 atom stereocenters. The minimum absolute atomic E-state index is 0.101. The summed E-state index contributed by atoms with van der Waals surface area (Å²) in [5.74, 6) is -0.944. The molecule has 0 fully saturated rings. The third kappa shape index (κ3) is 5.74. The number of benzene rings is 2. The molecule has 8 heteroatoms. The van der Waals surface area contributed by atoms with Gasteiger partial charge in [0, 0.05) is 11.3 Å². The Bertz CT molecular complexity index is 819. The van der Waals surface area contributed by atoms with Crippen molar-refractivity contribution in [1.29, 1.82) is 0 Å². The second-order valence-electron chi connectivity index (χ2n) is 5.24. The van der Waals surface area contributed by atoms with Gasteiger partial charge in [0.1, 0.15) is 5.75 Å². The van der Waals surface area contributed by atoms with Gasteiger partial charge in [-0.25, -0.2) is 5.43 Å². The Kier molecular flexibility index (Phi) is 7.18. The van der Waals surface area contributed by atoms with Crippen molar-refractivity contribution in [2.24, 2.45) is 5.10 Å². The number of hydrazone groups is 1. The molecule has 2 aromatic rings. The van der Waals surface area contributed by atoms with E-state index in [4.69, 9.17) is 9.47 Å². The lowest BCUT2D eigenvalue weighted by Crippen LogP contribution is -2.32. The molecular formula is C19H21N3O5. The van der Waals surface area contributed by atoms with E-state index in [-0.39, 0.29) is 5.75 Å². The molecule has 0 bridgehead atoms. The highest BCUT2D eigenvalue weighted by Crippen LogP contribution is 2.28. The summed E-state index contributed by atoms with van der Waals surface area (Å²) < 4.78 is 10.6. The van der Waals surface area contributed by atoms with E-state index >= 15 is 0 Å². The minimum atomic E-state index is -0.944. The number of nitrogens with one attached hydrogen (secondary N) is 2. The van der Waals surface area contributed by atoms with Crippen molar-refractivity contribution >= 4 is 23.7 Å². The monoisotopic (exact) mass is 371 g/mol. The van der Waals surface area contributed by atoms with Gasteiger partial charge >= 0.3 is 11.8 Å². The average molecular weight is 371 g/mol. The molecule has 0 spiro atoms. The summed E-state index contributed by atoms with van der Waals surface area (Å²) in [6.45, 7) is 4.60. The first-order valence-electron chi connectivity index (χ1n) is 8.37. The second kappa shape index (κ2) is 9.81. The fraction of sp³-hybridized carbons (Fsp3) is 0.211. The highest BCUT2D eigenvalue weighted by Gasteiger charge is 2.13. The van der Waals surface area contributed by atoms with E-state index in [1.165, 1.54) is 6.21 Å². The maximum Gasteiger partial charge on any atom is 0.329 e. The number of carbonyl (C=O) groups is 2. The van der Waals surface area contributed by atoms with Gasteiger partial charge < -0.3 is 19.9 Å². The standard InChI is InChI=1S/C19H21N3O5/c1-3-26-15-10-8-14(9-11-15)21-18(24)19(25)22-20-12-13-6-5-7-16(17(13)23)27-4-2/h5-12,23H,3-4H2,1-2H3,(H,21,24)(H,22,25)/b20-12+. The van der Waals surface area contributed by atoms with Crippen molar-refractivity contribution < 1.29 is 24.2 Å². The Morgan fingerprint density at radius 3 is 2.41 bits per heavy atom. The number of rotatable bonds is 7. The first-order valence-corrected chi connectivity index (χ1v) is 8.37. The number of carbonyl (C=O) groups excluding carboxylic acids is 2. The van der Waals surface area contributed by atoms with Gasteiger partial charge in [0.25, 0.3) is 0 Å². The molecule has 0 saturated carbocycles. The Morgan fingerprint density at radius 2 is 1.74 bits per heavy atom. The van der Waals surface area contributed by atoms with Crippen LogP contribution in [0.1, 0.15) is 19.4 Å². The summed E-state index contributed by atoms with van der Waals surface area (Å²) in [6.07, 6.45) is 1.22. The van der Waals surface area contributed by atoms with Gasteiger partial charge in [0.15, 0.2) is 11.5 Å². The first-order chi connectivity index (χ1) is 13.0. The second-order valence-corrected chi connectivity index (χ2v) is 5.24. The van der Waals surface area contributed by atoms with Crippen LogP contribution in [0, 0.1) is 0 Å². The third-order valence-corrected chi connectivity index (χ3v) is 3.33. The number of hydrogen-bond donors (Lipinski definition) is 3. The van der Waals surface area contributed by atoms with Crippen molar-refractivity contribution in [3.8, 4) is 17.2 Å². The topological polar surface area (TPSA) is 109 Å². The molecule has 0 aliphatic carbocycles. The smallest absolute Gasteiger partial charge is 0.329 e. The number of amides is 2.